The Hall–Kier alpha value is -0.450. The third-order valence-electron chi connectivity index (χ3n) is 4.17. The maximum atomic E-state index is 13.1. The Morgan fingerprint density at radius 3 is 2.61 bits per heavy atom. The molecule has 0 amide bonds. The topological polar surface area (TPSA) is 17.1 Å². The lowest BCUT2D eigenvalue weighted by Crippen LogP contribution is -2.27. The van der Waals surface area contributed by atoms with Crippen molar-refractivity contribution in [3.05, 3.63) is 33.1 Å². The smallest absolute Gasteiger partial charge is 0.167 e. The molecule has 98 valence electrons. The van der Waals surface area contributed by atoms with Gasteiger partial charge < -0.3 is 0 Å². The molecule has 0 saturated heterocycles. The van der Waals surface area contributed by atoms with Crippen molar-refractivity contribution >= 4 is 28.4 Å². The molecule has 0 N–H and O–H groups in total. The summed E-state index contributed by atoms with van der Waals surface area (Å²) in [4.78, 5) is 12.5. The van der Waals surface area contributed by atoms with Crippen LogP contribution in [0.3, 0.4) is 0 Å². The van der Waals surface area contributed by atoms with E-state index < -0.39 is 0 Å². The van der Waals surface area contributed by atoms with E-state index in [2.05, 4.69) is 13.8 Å². The minimum atomic E-state index is -0.276. The molecular weight excluding hydrogens is 342 g/mol. The average Bonchev–Trinajstić information content (AvgIpc) is 2.32. The Morgan fingerprint density at radius 1 is 1.28 bits per heavy atom. The molecule has 3 atom stereocenters. The average molecular weight is 360 g/mol. The molecule has 1 nitrogen and oxygen atoms in total. The van der Waals surface area contributed by atoms with E-state index in [1.165, 1.54) is 12.1 Å². The lowest BCUT2D eigenvalue weighted by molar-refractivity contribution is 0.0836. The van der Waals surface area contributed by atoms with Gasteiger partial charge in [0.15, 0.2) is 5.78 Å². The number of halogens is 2. The summed E-state index contributed by atoms with van der Waals surface area (Å²) >= 11 is 2.05. The summed E-state index contributed by atoms with van der Waals surface area (Å²) in [6.07, 6.45) is 3.06. The zero-order chi connectivity index (χ0) is 13.3. The summed E-state index contributed by atoms with van der Waals surface area (Å²) in [5, 5.41) is 0. The van der Waals surface area contributed by atoms with Gasteiger partial charge in [0.05, 0.1) is 0 Å². The van der Waals surface area contributed by atoms with Gasteiger partial charge in [0, 0.05) is 15.1 Å². The van der Waals surface area contributed by atoms with Gasteiger partial charge >= 0.3 is 0 Å². The summed E-state index contributed by atoms with van der Waals surface area (Å²) in [5.41, 5.74) is 0.684. The first-order valence-electron chi connectivity index (χ1n) is 6.48. The molecule has 2 rings (SSSR count). The van der Waals surface area contributed by atoms with Gasteiger partial charge in [-0.1, -0.05) is 13.8 Å². The number of carbonyl (C=O) groups is 1. The van der Waals surface area contributed by atoms with E-state index in [1.54, 1.807) is 6.07 Å². The normalized spacial score (nSPS) is 28.1. The van der Waals surface area contributed by atoms with Gasteiger partial charge in [0.2, 0.25) is 0 Å². The van der Waals surface area contributed by atoms with Crippen LogP contribution in [-0.4, -0.2) is 5.78 Å². The molecule has 0 spiro atoms. The van der Waals surface area contributed by atoms with E-state index in [0.717, 1.165) is 22.8 Å². The summed E-state index contributed by atoms with van der Waals surface area (Å²) in [7, 11) is 0. The van der Waals surface area contributed by atoms with Crippen LogP contribution in [0.15, 0.2) is 18.2 Å². The van der Waals surface area contributed by atoms with Crippen molar-refractivity contribution in [1.82, 2.24) is 0 Å². The quantitative estimate of drug-likeness (QED) is 0.553. The van der Waals surface area contributed by atoms with Crippen molar-refractivity contribution in [2.75, 3.05) is 0 Å². The fraction of sp³-hybridized carbons (Fsp3) is 0.533. The summed E-state index contributed by atoms with van der Waals surface area (Å²) in [6.45, 7) is 4.48. The Balaban J connectivity index is 2.16. The van der Waals surface area contributed by atoms with Crippen molar-refractivity contribution in [3.8, 4) is 0 Å². The summed E-state index contributed by atoms with van der Waals surface area (Å²) in [6, 6.07) is 4.44. The molecule has 1 aliphatic rings. The molecule has 3 heteroatoms. The number of rotatable bonds is 2. The van der Waals surface area contributed by atoms with Gasteiger partial charge in [-0.25, -0.2) is 4.39 Å². The second-order valence-corrected chi connectivity index (χ2v) is 6.62. The number of ketones is 1. The van der Waals surface area contributed by atoms with Gasteiger partial charge in [0.1, 0.15) is 5.82 Å². The Labute approximate surface area is 121 Å². The molecule has 18 heavy (non-hydrogen) atoms. The largest absolute Gasteiger partial charge is 0.294 e. The first kappa shape index (κ1) is 14.0. The molecular formula is C15H18FIO. The van der Waals surface area contributed by atoms with Crippen molar-refractivity contribution in [1.29, 1.82) is 0 Å². The van der Waals surface area contributed by atoms with Crippen LogP contribution in [0.2, 0.25) is 0 Å². The van der Waals surface area contributed by atoms with Gasteiger partial charge in [-0.15, -0.1) is 0 Å². The first-order valence-corrected chi connectivity index (χ1v) is 7.56. The fourth-order valence-corrected chi connectivity index (χ4v) is 3.44. The molecule has 1 aromatic carbocycles. The van der Waals surface area contributed by atoms with Gasteiger partial charge in [-0.2, -0.15) is 0 Å². The van der Waals surface area contributed by atoms with E-state index in [-0.39, 0.29) is 17.5 Å². The van der Waals surface area contributed by atoms with Crippen LogP contribution >= 0.6 is 22.6 Å². The molecule has 0 aromatic heterocycles. The first-order chi connectivity index (χ1) is 8.49. The fourth-order valence-electron chi connectivity index (χ4n) is 2.69. The van der Waals surface area contributed by atoms with Crippen molar-refractivity contribution in [3.63, 3.8) is 0 Å². The molecule has 0 heterocycles. The molecule has 0 radical (unpaired) electrons. The molecule has 1 fully saturated rings. The van der Waals surface area contributed by atoms with E-state index in [1.807, 2.05) is 22.6 Å². The van der Waals surface area contributed by atoms with Gasteiger partial charge in [-0.3, -0.25) is 4.79 Å². The summed E-state index contributed by atoms with van der Waals surface area (Å²) < 4.78 is 13.8. The minimum Gasteiger partial charge on any atom is -0.294 e. The van der Waals surface area contributed by atoms with Gasteiger partial charge in [-0.05, 0) is 71.9 Å². The third-order valence-corrected chi connectivity index (χ3v) is 5.06. The molecule has 1 saturated carbocycles. The number of Topliss-reactive ketones (excluding diaryl/α,β-unsaturated/α-hetero) is 1. The van der Waals surface area contributed by atoms with E-state index in [0.29, 0.717) is 17.4 Å². The van der Waals surface area contributed by atoms with E-state index in [4.69, 9.17) is 0 Å². The molecule has 1 aliphatic carbocycles. The van der Waals surface area contributed by atoms with Crippen LogP contribution < -0.4 is 0 Å². The number of hydrogen-bond donors (Lipinski definition) is 0. The molecule has 0 aliphatic heterocycles. The summed E-state index contributed by atoms with van der Waals surface area (Å²) in [5.74, 6) is 1.35. The highest BCUT2D eigenvalue weighted by Crippen LogP contribution is 2.35. The maximum absolute atomic E-state index is 13.1. The zero-order valence-electron chi connectivity index (χ0n) is 10.7. The second-order valence-electron chi connectivity index (χ2n) is 5.45. The van der Waals surface area contributed by atoms with Crippen molar-refractivity contribution in [2.45, 2.75) is 33.1 Å². The molecule has 3 unspecified atom stereocenters. The van der Waals surface area contributed by atoms with Crippen LogP contribution in [0, 0.1) is 27.1 Å². The molecule has 0 bridgehead atoms. The monoisotopic (exact) mass is 360 g/mol. The Morgan fingerprint density at radius 2 is 2.00 bits per heavy atom. The number of benzene rings is 1. The third kappa shape index (κ3) is 2.92. The predicted molar refractivity (Wildman–Crippen MR) is 79.1 cm³/mol. The number of hydrogen-bond acceptors (Lipinski definition) is 1. The standard InChI is InChI=1S/C15H18FIO/c1-9-3-4-11(7-10(9)2)15(18)13-6-5-12(16)8-14(13)17/h5-6,8-11H,3-4,7H2,1-2H3. The van der Waals surface area contributed by atoms with Crippen LogP contribution in [0.25, 0.3) is 0 Å². The highest BCUT2D eigenvalue weighted by Gasteiger charge is 2.30. The highest BCUT2D eigenvalue weighted by atomic mass is 127. The maximum Gasteiger partial charge on any atom is 0.167 e. The Kier molecular flexibility index (Phi) is 4.41. The Bertz CT molecular complexity index is 458. The van der Waals surface area contributed by atoms with Crippen LogP contribution in [0.4, 0.5) is 4.39 Å². The SMILES string of the molecule is CC1CCC(C(=O)c2ccc(F)cc2I)CC1C. The number of carbonyl (C=O) groups excluding carboxylic acids is 1. The van der Waals surface area contributed by atoms with Gasteiger partial charge in [0.25, 0.3) is 0 Å². The predicted octanol–water partition coefficient (Wildman–Crippen LogP) is 4.69. The highest BCUT2D eigenvalue weighted by molar-refractivity contribution is 14.1. The zero-order valence-corrected chi connectivity index (χ0v) is 12.9. The lowest BCUT2D eigenvalue weighted by atomic mass is 9.73. The minimum absolute atomic E-state index is 0.121. The van der Waals surface area contributed by atoms with Crippen molar-refractivity contribution < 1.29 is 9.18 Å². The van der Waals surface area contributed by atoms with E-state index >= 15 is 0 Å². The second kappa shape index (κ2) is 5.68. The van der Waals surface area contributed by atoms with Crippen LogP contribution in [0.1, 0.15) is 43.5 Å². The van der Waals surface area contributed by atoms with Crippen LogP contribution in [-0.2, 0) is 0 Å². The van der Waals surface area contributed by atoms with E-state index in [9.17, 15) is 9.18 Å². The molecule has 1 aromatic rings. The van der Waals surface area contributed by atoms with Crippen LogP contribution in [0.5, 0.6) is 0 Å². The lowest BCUT2D eigenvalue weighted by Gasteiger charge is -2.31. The van der Waals surface area contributed by atoms with Crippen molar-refractivity contribution in [2.24, 2.45) is 17.8 Å².